The van der Waals surface area contributed by atoms with Crippen LogP contribution in [0.5, 0.6) is 0 Å². The van der Waals surface area contributed by atoms with Gasteiger partial charge in [0.15, 0.2) is 5.60 Å². The molecule has 11 nitrogen and oxygen atoms in total. The lowest BCUT2D eigenvalue weighted by atomic mass is 9.42. The van der Waals surface area contributed by atoms with Crippen molar-refractivity contribution in [3.8, 4) is 0 Å². The minimum atomic E-state index is -1.73. The van der Waals surface area contributed by atoms with E-state index in [0.717, 1.165) is 32.1 Å². The van der Waals surface area contributed by atoms with Gasteiger partial charge in [-0.25, -0.2) is 0 Å². The lowest BCUT2D eigenvalue weighted by Crippen LogP contribution is -2.81. The molecular weight excluding hydrogens is 582 g/mol. The van der Waals surface area contributed by atoms with Crippen molar-refractivity contribution in [1.29, 1.82) is 0 Å². The fourth-order valence-electron chi connectivity index (χ4n) is 13.2. The molecule has 7 rings (SSSR count). The first-order chi connectivity index (χ1) is 21.5. The lowest BCUT2D eigenvalue weighted by Gasteiger charge is -2.70. The molecular formula is C34H53NO10. The number of esters is 2. The second-order valence-corrected chi connectivity index (χ2v) is 15.3. The van der Waals surface area contributed by atoms with Crippen LogP contribution < -0.4 is 0 Å². The zero-order valence-electron chi connectivity index (χ0n) is 27.6. The number of likely N-dealkylation sites (tertiary alicyclic amines) is 1. The number of methoxy groups -OCH3 is 3. The SMILES string of the molecule is CCN1CC2(CC)C3C(OC)C4C1C3(C1C[C@@]3(O)[C@H](OC(=O)C5CCCCC5)[C@@H]1[C@]4(OC(C)=O)[C@@H](O)[C@@H]3OC)[C@@H](OC)C[C@H]2O. The van der Waals surface area contributed by atoms with Gasteiger partial charge in [-0.05, 0) is 38.1 Å². The summed E-state index contributed by atoms with van der Waals surface area (Å²) >= 11 is 0. The highest BCUT2D eigenvalue weighted by Crippen LogP contribution is 2.81. The van der Waals surface area contributed by atoms with Gasteiger partial charge >= 0.3 is 11.9 Å². The molecule has 11 heteroatoms. The van der Waals surface area contributed by atoms with Gasteiger partial charge in [-0.3, -0.25) is 14.5 Å². The second-order valence-electron chi connectivity index (χ2n) is 15.3. The van der Waals surface area contributed by atoms with Crippen molar-refractivity contribution in [2.45, 2.75) is 126 Å². The monoisotopic (exact) mass is 635 g/mol. The molecule has 7 unspecified atom stereocenters. The highest BCUT2D eigenvalue weighted by atomic mass is 16.6. The molecule has 0 radical (unpaired) electrons. The third-order valence-electron chi connectivity index (χ3n) is 14.3. The summed E-state index contributed by atoms with van der Waals surface area (Å²) in [6, 6.07) is -0.252. The van der Waals surface area contributed by atoms with E-state index in [1.165, 1.54) is 14.0 Å². The van der Waals surface area contributed by atoms with Crippen molar-refractivity contribution < 1.29 is 48.6 Å². The molecule has 7 aliphatic rings. The van der Waals surface area contributed by atoms with Crippen molar-refractivity contribution in [3.63, 3.8) is 0 Å². The highest BCUT2D eigenvalue weighted by molar-refractivity contribution is 5.73. The minimum Gasteiger partial charge on any atom is -0.458 e. The van der Waals surface area contributed by atoms with Crippen LogP contribution in [0.3, 0.4) is 0 Å². The molecule has 0 aromatic heterocycles. The van der Waals surface area contributed by atoms with Crippen LogP contribution in [0.1, 0.15) is 72.1 Å². The molecule has 6 aliphatic carbocycles. The summed E-state index contributed by atoms with van der Waals surface area (Å²) in [5, 5.41) is 37.3. The van der Waals surface area contributed by atoms with Crippen molar-refractivity contribution in [2.24, 2.45) is 40.4 Å². The Morgan fingerprint density at radius 2 is 1.67 bits per heavy atom. The number of rotatable bonds is 8. The average Bonchev–Trinajstić information content (AvgIpc) is 3.40. The molecule has 0 aromatic carbocycles. The number of ether oxygens (including phenoxy) is 5. The molecule has 15 atom stereocenters. The molecule has 1 saturated heterocycles. The quantitative estimate of drug-likeness (QED) is 0.335. The first-order valence-electron chi connectivity index (χ1n) is 17.3. The van der Waals surface area contributed by atoms with Crippen molar-refractivity contribution >= 4 is 11.9 Å². The zero-order chi connectivity index (χ0) is 32.3. The van der Waals surface area contributed by atoms with Crippen LogP contribution in [-0.4, -0.2) is 120 Å². The van der Waals surface area contributed by atoms with E-state index in [2.05, 4.69) is 18.7 Å². The Morgan fingerprint density at radius 3 is 2.24 bits per heavy atom. The van der Waals surface area contributed by atoms with Crippen molar-refractivity contribution in [2.75, 3.05) is 34.4 Å². The average molecular weight is 636 g/mol. The standard InChI is InChI=1S/C34H53NO10/c1-7-31-16-35(8-2)26-23-24(42-5)25(31)33(26,21(41-4)14-20(31)37)19-15-32(40)28(44-30(39)18-12-10-9-11-13-18)22(19)34(23,45-17(3)36)27(38)29(32)43-6/h18-29,37-38,40H,7-16H2,1-6H3/t19?,20-,21+,22-,23?,24?,25?,26?,27+,28-,29+,31?,32-,33?,34-/m1/s1. The van der Waals surface area contributed by atoms with Crippen LogP contribution in [0.4, 0.5) is 0 Å². The van der Waals surface area contributed by atoms with Crippen LogP contribution in [0.15, 0.2) is 0 Å². The molecule has 254 valence electrons. The van der Waals surface area contributed by atoms with Gasteiger partial charge < -0.3 is 39.0 Å². The predicted octanol–water partition coefficient (Wildman–Crippen LogP) is 1.68. The lowest BCUT2D eigenvalue weighted by molar-refractivity contribution is -0.323. The van der Waals surface area contributed by atoms with E-state index < -0.39 is 82.4 Å². The van der Waals surface area contributed by atoms with E-state index in [1.54, 1.807) is 14.2 Å². The summed E-state index contributed by atoms with van der Waals surface area (Å²) in [5.41, 5.74) is -4.53. The van der Waals surface area contributed by atoms with Crippen LogP contribution in [0.25, 0.3) is 0 Å². The molecule has 3 N–H and O–H groups in total. The predicted molar refractivity (Wildman–Crippen MR) is 160 cm³/mol. The smallest absolute Gasteiger partial charge is 0.309 e. The van der Waals surface area contributed by atoms with E-state index in [4.69, 9.17) is 23.7 Å². The summed E-state index contributed by atoms with van der Waals surface area (Å²) in [6.07, 6.45) is 0.465. The summed E-state index contributed by atoms with van der Waals surface area (Å²) in [7, 11) is 4.79. The van der Waals surface area contributed by atoms with E-state index in [1.807, 2.05) is 0 Å². The van der Waals surface area contributed by atoms with Gasteiger partial charge in [-0.1, -0.05) is 33.1 Å². The topological polar surface area (TPSA) is 144 Å². The van der Waals surface area contributed by atoms with E-state index in [9.17, 15) is 24.9 Å². The number of aliphatic hydroxyl groups excluding tert-OH is 2. The molecule has 0 amide bonds. The number of hydrogen-bond acceptors (Lipinski definition) is 11. The van der Waals surface area contributed by atoms with Gasteiger partial charge in [0.2, 0.25) is 0 Å². The van der Waals surface area contributed by atoms with E-state index in [-0.39, 0.29) is 30.3 Å². The molecule has 1 spiro atoms. The maximum Gasteiger partial charge on any atom is 0.309 e. The summed E-state index contributed by atoms with van der Waals surface area (Å²) in [5.74, 6) is -3.10. The summed E-state index contributed by atoms with van der Waals surface area (Å²) in [6.45, 7) is 6.85. The number of hydrogen-bond donors (Lipinski definition) is 3. The van der Waals surface area contributed by atoms with E-state index in [0.29, 0.717) is 25.9 Å². The third kappa shape index (κ3) is 3.67. The largest absolute Gasteiger partial charge is 0.458 e. The van der Waals surface area contributed by atoms with Crippen LogP contribution in [0.2, 0.25) is 0 Å². The summed E-state index contributed by atoms with van der Waals surface area (Å²) in [4.78, 5) is 29.5. The Labute approximate surface area is 266 Å². The summed E-state index contributed by atoms with van der Waals surface area (Å²) < 4.78 is 31.8. The van der Waals surface area contributed by atoms with Crippen LogP contribution in [-0.2, 0) is 33.3 Å². The Kier molecular flexibility index (Phi) is 7.76. The highest BCUT2D eigenvalue weighted by Gasteiger charge is 2.92. The molecule has 6 saturated carbocycles. The number of carbonyl (C=O) groups excluding carboxylic acids is 2. The molecule has 7 fully saturated rings. The van der Waals surface area contributed by atoms with Gasteiger partial charge in [0.1, 0.15) is 23.9 Å². The zero-order valence-corrected chi connectivity index (χ0v) is 27.6. The normalized spacial score (nSPS) is 53.3. The fraction of sp³-hybridized carbons (Fsp3) is 0.941. The maximum atomic E-state index is 13.9. The first-order valence-corrected chi connectivity index (χ1v) is 17.3. The van der Waals surface area contributed by atoms with Gasteiger partial charge in [-0.15, -0.1) is 0 Å². The number of fused-ring (bicyclic) bond motifs is 2. The number of nitrogens with zero attached hydrogens (tertiary/aromatic N) is 1. The molecule has 7 bridgehead atoms. The Hall–Kier alpha value is -1.34. The van der Waals surface area contributed by atoms with Crippen LogP contribution in [0, 0.1) is 40.4 Å². The Morgan fingerprint density at radius 1 is 0.956 bits per heavy atom. The Balaban J connectivity index is 1.50. The molecule has 1 aliphatic heterocycles. The van der Waals surface area contributed by atoms with Gasteiger partial charge in [0.05, 0.1) is 24.2 Å². The molecule has 45 heavy (non-hydrogen) atoms. The third-order valence-corrected chi connectivity index (χ3v) is 14.3. The van der Waals surface area contributed by atoms with Crippen molar-refractivity contribution in [3.05, 3.63) is 0 Å². The second kappa shape index (κ2) is 10.8. The molecule has 0 aromatic rings. The van der Waals surface area contributed by atoms with Gasteiger partial charge in [0, 0.05) is 75.8 Å². The minimum absolute atomic E-state index is 0.169. The van der Waals surface area contributed by atoms with Crippen molar-refractivity contribution in [1.82, 2.24) is 4.90 Å². The maximum absolute atomic E-state index is 13.9. The van der Waals surface area contributed by atoms with Gasteiger partial charge in [-0.2, -0.15) is 0 Å². The van der Waals surface area contributed by atoms with Crippen LogP contribution >= 0.6 is 0 Å². The molecule has 1 heterocycles. The first kappa shape index (κ1) is 32.2. The fourth-order valence-corrected chi connectivity index (χ4v) is 13.2. The van der Waals surface area contributed by atoms with Gasteiger partial charge in [0.25, 0.3) is 0 Å². The number of carbonyl (C=O) groups is 2. The van der Waals surface area contributed by atoms with E-state index >= 15 is 0 Å². The number of aliphatic hydroxyl groups is 3. The number of piperidine rings is 1. The Bertz CT molecular complexity index is 1200.